The Morgan fingerprint density at radius 1 is 1.18 bits per heavy atom. The van der Waals surface area contributed by atoms with Crippen molar-refractivity contribution in [2.24, 2.45) is 0 Å². The van der Waals surface area contributed by atoms with Crippen LogP contribution in [0, 0.1) is 0 Å². The zero-order chi connectivity index (χ0) is 23.7. The first-order valence-corrected chi connectivity index (χ1v) is 11.4. The number of methoxy groups -OCH3 is 1. The summed E-state index contributed by atoms with van der Waals surface area (Å²) in [6, 6.07) is 7.89. The Morgan fingerprint density at radius 3 is 2.85 bits per heavy atom. The lowest BCUT2D eigenvalue weighted by molar-refractivity contribution is -0.0511. The molecule has 11 nitrogen and oxygen atoms in total. The molecule has 1 saturated heterocycles. The van der Waals surface area contributed by atoms with E-state index < -0.39 is 31.1 Å². The molecular weight excluding hydrogens is 442 g/mol. The Hall–Kier alpha value is -2.83. The van der Waals surface area contributed by atoms with Gasteiger partial charge in [0.1, 0.15) is 30.4 Å². The third-order valence-electron chi connectivity index (χ3n) is 6.52. The molecule has 182 valence electrons. The number of rotatable bonds is 8. The van der Waals surface area contributed by atoms with Crippen LogP contribution < -0.4 is 10.1 Å². The van der Waals surface area contributed by atoms with Crippen LogP contribution in [0.4, 0.5) is 5.82 Å². The van der Waals surface area contributed by atoms with Gasteiger partial charge in [-0.1, -0.05) is 12.1 Å². The standard InChI is InChI=1S/C23H29N5O6/c1-32-14-5-2-4-13(8-14)10-33-16-7-3-6-15(16)27-21-18-22(25-11-24-21)28(12-26-18)23-20(31)19(30)17(9-29)34-23/h2,4-5,8,11-12,15-17,19-20,23,29-31H,3,6-7,9-10H2,1H3,(H,24,25,27)/t15?,16-,17-,19-,20-,23-/m1/s1. The monoisotopic (exact) mass is 471 g/mol. The molecule has 1 saturated carbocycles. The van der Waals surface area contributed by atoms with E-state index in [4.69, 9.17) is 14.2 Å². The van der Waals surface area contributed by atoms with Crippen LogP contribution >= 0.6 is 0 Å². The molecule has 3 aromatic rings. The number of anilines is 1. The summed E-state index contributed by atoms with van der Waals surface area (Å²) in [5.74, 6) is 1.37. The second-order valence-corrected chi connectivity index (χ2v) is 8.66. The molecule has 0 spiro atoms. The lowest BCUT2D eigenvalue weighted by Crippen LogP contribution is -2.33. The van der Waals surface area contributed by atoms with E-state index in [0.717, 1.165) is 30.6 Å². The van der Waals surface area contributed by atoms with Crippen molar-refractivity contribution in [2.45, 2.75) is 62.6 Å². The molecule has 1 unspecified atom stereocenters. The van der Waals surface area contributed by atoms with Gasteiger partial charge in [-0.3, -0.25) is 4.57 Å². The number of hydrogen-bond donors (Lipinski definition) is 4. The van der Waals surface area contributed by atoms with Gasteiger partial charge in [0, 0.05) is 0 Å². The van der Waals surface area contributed by atoms with Gasteiger partial charge in [0.15, 0.2) is 23.2 Å². The summed E-state index contributed by atoms with van der Waals surface area (Å²) in [5, 5.41) is 33.3. The highest BCUT2D eigenvalue weighted by atomic mass is 16.6. The van der Waals surface area contributed by atoms with Crippen LogP contribution in [-0.4, -0.2) is 79.0 Å². The zero-order valence-corrected chi connectivity index (χ0v) is 18.8. The van der Waals surface area contributed by atoms with Crippen molar-refractivity contribution in [3.8, 4) is 5.75 Å². The largest absolute Gasteiger partial charge is 0.497 e. The molecule has 1 aromatic carbocycles. The molecule has 6 atom stereocenters. The number of ether oxygens (including phenoxy) is 3. The molecule has 2 aliphatic rings. The van der Waals surface area contributed by atoms with Crippen LogP contribution in [-0.2, 0) is 16.1 Å². The molecule has 0 bridgehead atoms. The van der Waals surface area contributed by atoms with Crippen molar-refractivity contribution in [3.05, 3.63) is 42.5 Å². The molecule has 34 heavy (non-hydrogen) atoms. The summed E-state index contributed by atoms with van der Waals surface area (Å²) in [4.78, 5) is 13.1. The van der Waals surface area contributed by atoms with Crippen molar-refractivity contribution in [1.82, 2.24) is 19.5 Å². The summed E-state index contributed by atoms with van der Waals surface area (Å²) in [6.45, 7) is 0.0844. The maximum absolute atomic E-state index is 10.4. The molecule has 3 heterocycles. The van der Waals surface area contributed by atoms with Gasteiger partial charge >= 0.3 is 0 Å². The number of fused-ring (bicyclic) bond motifs is 1. The molecule has 4 N–H and O–H groups in total. The van der Waals surface area contributed by atoms with Crippen LogP contribution in [0.25, 0.3) is 11.2 Å². The van der Waals surface area contributed by atoms with Gasteiger partial charge in [-0.15, -0.1) is 0 Å². The Balaban J connectivity index is 1.31. The lowest BCUT2D eigenvalue weighted by atomic mass is 10.1. The highest BCUT2D eigenvalue weighted by molar-refractivity contribution is 5.82. The minimum atomic E-state index is -1.22. The average molecular weight is 472 g/mol. The van der Waals surface area contributed by atoms with Crippen LogP contribution in [0.15, 0.2) is 36.9 Å². The van der Waals surface area contributed by atoms with E-state index in [2.05, 4.69) is 20.3 Å². The maximum atomic E-state index is 10.4. The average Bonchev–Trinajstić information content (AvgIpc) is 3.56. The number of imidazole rings is 1. The number of aliphatic hydroxyl groups is 3. The van der Waals surface area contributed by atoms with Gasteiger partial charge in [0.05, 0.1) is 38.8 Å². The predicted molar refractivity (Wildman–Crippen MR) is 121 cm³/mol. The van der Waals surface area contributed by atoms with E-state index in [1.54, 1.807) is 11.7 Å². The normalized spacial score (nSPS) is 29.1. The van der Waals surface area contributed by atoms with Gasteiger partial charge in [0.25, 0.3) is 0 Å². The van der Waals surface area contributed by atoms with Crippen LogP contribution in [0.3, 0.4) is 0 Å². The predicted octanol–water partition coefficient (Wildman–Crippen LogP) is 0.996. The Labute approximate surface area is 196 Å². The fraction of sp³-hybridized carbons (Fsp3) is 0.522. The zero-order valence-electron chi connectivity index (χ0n) is 18.8. The van der Waals surface area contributed by atoms with E-state index in [0.29, 0.717) is 23.6 Å². The maximum Gasteiger partial charge on any atom is 0.167 e. The number of nitrogens with zero attached hydrogens (tertiary/aromatic N) is 4. The summed E-state index contributed by atoms with van der Waals surface area (Å²) >= 11 is 0. The fourth-order valence-corrected chi connectivity index (χ4v) is 4.69. The van der Waals surface area contributed by atoms with Crippen molar-refractivity contribution in [1.29, 1.82) is 0 Å². The number of benzene rings is 1. The minimum Gasteiger partial charge on any atom is -0.497 e. The molecule has 1 aliphatic heterocycles. The molecule has 5 rings (SSSR count). The second-order valence-electron chi connectivity index (χ2n) is 8.66. The SMILES string of the molecule is COc1cccc(CO[C@@H]2CCCC2Nc2ncnc3c2ncn3[C@@H]2O[C@H](CO)[C@@H](O)[C@H]2O)c1. The first-order chi connectivity index (χ1) is 16.6. The van der Waals surface area contributed by atoms with E-state index in [1.807, 2.05) is 24.3 Å². The fourth-order valence-electron chi connectivity index (χ4n) is 4.69. The van der Waals surface area contributed by atoms with Crippen LogP contribution in [0.5, 0.6) is 5.75 Å². The van der Waals surface area contributed by atoms with Gasteiger partial charge in [-0.25, -0.2) is 15.0 Å². The highest BCUT2D eigenvalue weighted by Crippen LogP contribution is 2.33. The third-order valence-corrected chi connectivity index (χ3v) is 6.52. The second kappa shape index (κ2) is 9.80. The van der Waals surface area contributed by atoms with E-state index in [1.165, 1.54) is 12.7 Å². The Morgan fingerprint density at radius 2 is 2.06 bits per heavy atom. The Bertz CT molecular complexity index is 1130. The Kier molecular flexibility index (Phi) is 6.61. The first-order valence-electron chi connectivity index (χ1n) is 11.4. The van der Waals surface area contributed by atoms with E-state index >= 15 is 0 Å². The first kappa shape index (κ1) is 22.9. The highest BCUT2D eigenvalue weighted by Gasteiger charge is 2.44. The van der Waals surface area contributed by atoms with Gasteiger partial charge in [0.2, 0.25) is 0 Å². The molecule has 0 radical (unpaired) electrons. The van der Waals surface area contributed by atoms with Gasteiger partial charge < -0.3 is 34.8 Å². The molecule has 11 heteroatoms. The smallest absolute Gasteiger partial charge is 0.167 e. The number of hydrogen-bond acceptors (Lipinski definition) is 10. The van der Waals surface area contributed by atoms with Gasteiger partial charge in [-0.2, -0.15) is 0 Å². The van der Waals surface area contributed by atoms with Crippen molar-refractivity contribution < 1.29 is 29.5 Å². The number of aliphatic hydroxyl groups excluding tert-OH is 3. The third kappa shape index (κ3) is 4.32. The summed E-state index contributed by atoms with van der Waals surface area (Å²) in [6.07, 6.45) is 1.63. The summed E-state index contributed by atoms with van der Waals surface area (Å²) < 4.78 is 18.7. The van der Waals surface area contributed by atoms with Crippen molar-refractivity contribution >= 4 is 17.0 Å². The number of nitrogens with one attached hydrogen (secondary N) is 1. The van der Waals surface area contributed by atoms with Crippen LogP contribution in [0.2, 0.25) is 0 Å². The minimum absolute atomic E-state index is 0.0127. The van der Waals surface area contributed by atoms with Crippen LogP contribution in [0.1, 0.15) is 31.1 Å². The van der Waals surface area contributed by atoms with E-state index in [9.17, 15) is 15.3 Å². The van der Waals surface area contributed by atoms with Gasteiger partial charge in [-0.05, 0) is 37.0 Å². The quantitative estimate of drug-likeness (QED) is 0.375. The topological polar surface area (TPSA) is 144 Å². The number of aromatic nitrogens is 4. The summed E-state index contributed by atoms with van der Waals surface area (Å²) in [7, 11) is 1.65. The van der Waals surface area contributed by atoms with Crippen molar-refractivity contribution in [3.63, 3.8) is 0 Å². The lowest BCUT2D eigenvalue weighted by Gasteiger charge is -2.22. The van der Waals surface area contributed by atoms with Crippen molar-refractivity contribution in [2.75, 3.05) is 19.0 Å². The summed E-state index contributed by atoms with van der Waals surface area (Å²) in [5.41, 5.74) is 2.03. The molecule has 0 amide bonds. The molecule has 2 aromatic heterocycles. The molecule has 2 fully saturated rings. The molecule has 1 aliphatic carbocycles. The van der Waals surface area contributed by atoms with E-state index in [-0.39, 0.29) is 12.1 Å². The molecular formula is C23H29N5O6.